The minimum atomic E-state index is -1.30. The van der Waals surface area contributed by atoms with Gasteiger partial charge in [-0.25, -0.2) is 13.2 Å². The van der Waals surface area contributed by atoms with E-state index in [1.165, 1.54) is 0 Å². The minimum absolute atomic E-state index is 0.0960. The van der Waals surface area contributed by atoms with E-state index in [0.29, 0.717) is 17.7 Å². The summed E-state index contributed by atoms with van der Waals surface area (Å²) in [6, 6.07) is 0.826. The monoisotopic (exact) mass is 286 g/mol. The van der Waals surface area contributed by atoms with Gasteiger partial charge < -0.3 is 4.74 Å². The van der Waals surface area contributed by atoms with Crippen molar-refractivity contribution in [1.29, 1.82) is 0 Å². The highest BCUT2D eigenvalue weighted by atomic mass is 19.1. The summed E-state index contributed by atoms with van der Waals surface area (Å²) in [6.07, 6.45) is 0.0864. The Bertz CT molecular complexity index is 530. The van der Waals surface area contributed by atoms with Crippen molar-refractivity contribution in [2.45, 2.75) is 26.2 Å². The Morgan fingerprint density at radius 2 is 1.70 bits per heavy atom. The van der Waals surface area contributed by atoms with Crippen molar-refractivity contribution in [3.05, 3.63) is 41.7 Å². The molecule has 108 valence electrons. The highest BCUT2D eigenvalue weighted by Gasteiger charge is 2.16. The molecule has 1 aromatic rings. The Morgan fingerprint density at radius 3 is 2.20 bits per heavy atom. The highest BCUT2D eigenvalue weighted by Crippen LogP contribution is 2.23. The van der Waals surface area contributed by atoms with E-state index < -0.39 is 29.2 Å². The smallest absolute Gasteiger partial charge is 0.311 e. The van der Waals surface area contributed by atoms with Crippen molar-refractivity contribution in [3.63, 3.8) is 0 Å². The number of allylic oxidation sites excluding steroid dienone is 1. The average molecular weight is 286 g/mol. The molecule has 0 N–H and O–H groups in total. The van der Waals surface area contributed by atoms with Gasteiger partial charge in [0.05, 0.1) is 0 Å². The van der Waals surface area contributed by atoms with Crippen LogP contribution in [0.25, 0.3) is 0 Å². The molecule has 3 nitrogen and oxygen atoms in total. The third-order valence-electron chi connectivity index (χ3n) is 2.44. The van der Waals surface area contributed by atoms with Crippen molar-refractivity contribution in [2.75, 3.05) is 0 Å². The normalized spacial score (nSPS) is 10.2. The highest BCUT2D eigenvalue weighted by molar-refractivity contribution is 5.94. The Hall–Kier alpha value is -2.11. The molecule has 20 heavy (non-hydrogen) atoms. The van der Waals surface area contributed by atoms with Crippen LogP contribution in [0.15, 0.2) is 24.3 Å². The third kappa shape index (κ3) is 4.53. The molecule has 0 amide bonds. The Balaban J connectivity index is 2.55. The number of rotatable bonds is 6. The second-order valence-corrected chi connectivity index (χ2v) is 4.23. The number of carbonyl (C=O) groups excluding carboxylic acids is 2. The van der Waals surface area contributed by atoms with Gasteiger partial charge in [-0.15, -0.1) is 0 Å². The van der Waals surface area contributed by atoms with Gasteiger partial charge in [-0.2, -0.15) is 0 Å². The van der Waals surface area contributed by atoms with Crippen LogP contribution >= 0.6 is 0 Å². The van der Waals surface area contributed by atoms with E-state index in [1.54, 1.807) is 6.92 Å². The molecule has 6 heteroatoms. The molecular weight excluding hydrogens is 273 g/mol. The van der Waals surface area contributed by atoms with Crippen molar-refractivity contribution in [2.24, 2.45) is 0 Å². The van der Waals surface area contributed by atoms with Gasteiger partial charge in [0.2, 0.25) is 5.75 Å². The molecule has 0 fully saturated rings. The van der Waals surface area contributed by atoms with Crippen molar-refractivity contribution in [1.82, 2.24) is 0 Å². The zero-order chi connectivity index (χ0) is 15.3. The summed E-state index contributed by atoms with van der Waals surface area (Å²) in [5.74, 6) is -5.74. The predicted molar refractivity (Wildman–Crippen MR) is 65.6 cm³/mol. The number of benzene rings is 1. The number of ether oxygens (including phenoxy) is 1. The topological polar surface area (TPSA) is 43.4 Å². The van der Waals surface area contributed by atoms with Crippen LogP contribution in [-0.2, 0) is 9.59 Å². The van der Waals surface area contributed by atoms with Gasteiger partial charge in [0.1, 0.15) is 5.82 Å². The van der Waals surface area contributed by atoms with Crippen LogP contribution in [0.3, 0.4) is 0 Å². The molecule has 0 aliphatic carbocycles. The summed E-state index contributed by atoms with van der Waals surface area (Å²) < 4.78 is 43.5. The second kappa shape index (κ2) is 6.88. The van der Waals surface area contributed by atoms with E-state index in [1.807, 2.05) is 0 Å². The second-order valence-electron chi connectivity index (χ2n) is 4.23. The fraction of sp³-hybridized carbons (Fsp3) is 0.286. The largest absolute Gasteiger partial charge is 0.420 e. The lowest BCUT2D eigenvalue weighted by Gasteiger charge is -2.06. The number of carbonyl (C=O) groups is 2. The lowest BCUT2D eigenvalue weighted by Crippen LogP contribution is -2.11. The number of hydrogen-bond acceptors (Lipinski definition) is 3. The number of halogens is 3. The van der Waals surface area contributed by atoms with Gasteiger partial charge in [-0.05, 0) is 18.9 Å². The fourth-order valence-corrected chi connectivity index (χ4v) is 1.40. The van der Waals surface area contributed by atoms with Crippen molar-refractivity contribution in [3.8, 4) is 5.75 Å². The maximum Gasteiger partial charge on any atom is 0.311 e. The zero-order valence-corrected chi connectivity index (χ0v) is 10.8. The SMILES string of the molecule is C=C(C)C(=O)CCCC(=O)Oc1c(F)cc(F)cc1F. The Morgan fingerprint density at radius 1 is 1.15 bits per heavy atom. The molecule has 0 heterocycles. The molecule has 1 aromatic carbocycles. The van der Waals surface area contributed by atoms with E-state index >= 15 is 0 Å². The Kier molecular flexibility index (Phi) is 5.49. The van der Waals surface area contributed by atoms with Crippen molar-refractivity contribution < 1.29 is 27.5 Å². The fourth-order valence-electron chi connectivity index (χ4n) is 1.40. The maximum atomic E-state index is 13.2. The molecule has 0 atom stereocenters. The van der Waals surface area contributed by atoms with E-state index in [-0.39, 0.29) is 25.0 Å². The summed E-state index contributed by atoms with van der Waals surface area (Å²) in [6.45, 7) is 5.00. The molecule has 0 aliphatic heterocycles. The number of hydrogen-bond donors (Lipinski definition) is 0. The first-order chi connectivity index (χ1) is 9.31. The van der Waals surface area contributed by atoms with Crippen molar-refractivity contribution >= 4 is 11.8 Å². The predicted octanol–water partition coefficient (Wildman–Crippen LogP) is 3.32. The summed E-state index contributed by atoms with van der Waals surface area (Å²) in [5.41, 5.74) is 0.369. The summed E-state index contributed by atoms with van der Waals surface area (Å²) >= 11 is 0. The molecule has 0 bridgehead atoms. The molecule has 0 aromatic heterocycles. The molecule has 0 saturated heterocycles. The maximum absolute atomic E-state index is 13.2. The van der Waals surface area contributed by atoms with Gasteiger partial charge in [-0.3, -0.25) is 9.59 Å². The summed E-state index contributed by atoms with van der Waals surface area (Å²) in [4.78, 5) is 22.6. The van der Waals surface area contributed by atoms with Crippen LogP contribution in [0.4, 0.5) is 13.2 Å². The number of Topliss-reactive ketones (excluding diaryl/α,β-unsaturated/α-hetero) is 1. The van der Waals surface area contributed by atoms with E-state index in [0.717, 1.165) is 0 Å². The lowest BCUT2D eigenvalue weighted by atomic mass is 10.1. The van der Waals surface area contributed by atoms with E-state index in [2.05, 4.69) is 11.3 Å². The van der Waals surface area contributed by atoms with E-state index in [9.17, 15) is 22.8 Å². The van der Waals surface area contributed by atoms with Crippen LogP contribution in [0.2, 0.25) is 0 Å². The third-order valence-corrected chi connectivity index (χ3v) is 2.44. The first-order valence-corrected chi connectivity index (χ1v) is 5.85. The molecular formula is C14H13F3O3. The minimum Gasteiger partial charge on any atom is -0.420 e. The molecule has 0 unspecified atom stereocenters. The molecule has 1 rings (SSSR count). The molecule has 0 spiro atoms. The molecule has 0 aliphatic rings. The van der Waals surface area contributed by atoms with Gasteiger partial charge in [-0.1, -0.05) is 6.58 Å². The average Bonchev–Trinajstić information content (AvgIpc) is 2.33. The number of ketones is 1. The van der Waals surface area contributed by atoms with Gasteiger partial charge in [0.15, 0.2) is 17.4 Å². The quantitative estimate of drug-likeness (QED) is 0.457. The van der Waals surface area contributed by atoms with Crippen LogP contribution in [0, 0.1) is 17.5 Å². The number of esters is 1. The van der Waals surface area contributed by atoms with Crippen LogP contribution < -0.4 is 4.74 Å². The van der Waals surface area contributed by atoms with E-state index in [4.69, 9.17) is 0 Å². The van der Waals surface area contributed by atoms with Gasteiger partial charge in [0.25, 0.3) is 0 Å². The van der Waals surface area contributed by atoms with Crippen LogP contribution in [0.5, 0.6) is 5.75 Å². The molecule has 0 saturated carbocycles. The van der Waals surface area contributed by atoms with Gasteiger partial charge >= 0.3 is 5.97 Å². The zero-order valence-electron chi connectivity index (χ0n) is 10.8. The van der Waals surface area contributed by atoms with Gasteiger partial charge in [0, 0.05) is 25.0 Å². The van der Waals surface area contributed by atoms with Crippen LogP contribution in [0.1, 0.15) is 26.2 Å². The summed E-state index contributed by atoms with van der Waals surface area (Å²) in [7, 11) is 0. The lowest BCUT2D eigenvalue weighted by molar-refractivity contribution is -0.135. The molecule has 0 radical (unpaired) electrons. The first kappa shape index (κ1) is 15.9. The first-order valence-electron chi connectivity index (χ1n) is 5.85. The summed E-state index contributed by atoms with van der Waals surface area (Å²) in [5, 5.41) is 0. The Labute approximate surface area is 114 Å². The van der Waals surface area contributed by atoms with Crippen LogP contribution in [-0.4, -0.2) is 11.8 Å². The standard InChI is InChI=1S/C14H13F3O3/c1-8(2)12(18)4-3-5-13(19)20-14-10(16)6-9(15)7-11(14)17/h6-7H,1,3-5H2,2H3.